The van der Waals surface area contributed by atoms with Gasteiger partial charge in [-0.25, -0.2) is 14.8 Å². The van der Waals surface area contributed by atoms with Gasteiger partial charge in [-0.15, -0.1) is 0 Å². The zero-order valence-electron chi connectivity index (χ0n) is 10.6. The van der Waals surface area contributed by atoms with E-state index in [9.17, 15) is 9.18 Å². The number of esters is 1. The van der Waals surface area contributed by atoms with Gasteiger partial charge in [-0.1, -0.05) is 18.2 Å². The molecule has 0 spiro atoms. The van der Waals surface area contributed by atoms with E-state index in [0.717, 1.165) is 13.2 Å². The molecule has 20 heavy (non-hydrogen) atoms. The SMILES string of the molecule is C=C(/N=C(/C(=O)OC)C(Cl)=C(N)N)c1ccc(F)nc1. The Labute approximate surface area is 119 Å². The second kappa shape index (κ2) is 6.67. The molecule has 0 amide bonds. The minimum atomic E-state index is -0.834. The van der Waals surface area contributed by atoms with E-state index in [-0.39, 0.29) is 22.3 Å². The van der Waals surface area contributed by atoms with Gasteiger partial charge in [0, 0.05) is 11.8 Å². The molecule has 4 N–H and O–H groups in total. The minimum Gasteiger partial charge on any atom is -0.464 e. The third-order valence-corrected chi connectivity index (χ3v) is 2.54. The molecule has 106 valence electrons. The lowest BCUT2D eigenvalue weighted by Crippen LogP contribution is -2.22. The van der Waals surface area contributed by atoms with Gasteiger partial charge in [0.1, 0.15) is 10.9 Å². The molecule has 0 bridgehead atoms. The third-order valence-electron chi connectivity index (χ3n) is 2.15. The van der Waals surface area contributed by atoms with Crippen molar-refractivity contribution in [3.63, 3.8) is 0 Å². The Morgan fingerprint density at radius 1 is 1.50 bits per heavy atom. The van der Waals surface area contributed by atoms with Gasteiger partial charge >= 0.3 is 5.97 Å². The molecule has 0 saturated heterocycles. The van der Waals surface area contributed by atoms with Crippen LogP contribution in [0.2, 0.25) is 0 Å². The Morgan fingerprint density at radius 3 is 2.60 bits per heavy atom. The van der Waals surface area contributed by atoms with Crippen molar-refractivity contribution in [3.8, 4) is 0 Å². The van der Waals surface area contributed by atoms with Crippen molar-refractivity contribution in [2.75, 3.05) is 7.11 Å². The van der Waals surface area contributed by atoms with Crippen LogP contribution in [0.15, 0.2) is 40.8 Å². The van der Waals surface area contributed by atoms with Crippen molar-refractivity contribution < 1.29 is 13.9 Å². The van der Waals surface area contributed by atoms with Crippen LogP contribution in [0.3, 0.4) is 0 Å². The fraction of sp³-hybridized carbons (Fsp3) is 0.0833. The number of carbonyl (C=O) groups excluding carboxylic acids is 1. The molecule has 0 atom stereocenters. The van der Waals surface area contributed by atoms with Crippen LogP contribution in [0.4, 0.5) is 4.39 Å². The Bertz CT molecular complexity index is 592. The summed E-state index contributed by atoms with van der Waals surface area (Å²) in [7, 11) is 1.15. The maximum atomic E-state index is 12.7. The van der Waals surface area contributed by atoms with Crippen LogP contribution in [0.25, 0.3) is 5.70 Å². The Balaban J connectivity index is 3.20. The molecule has 0 aromatic carbocycles. The van der Waals surface area contributed by atoms with Crippen molar-refractivity contribution >= 4 is 29.0 Å². The second-order valence-electron chi connectivity index (χ2n) is 3.54. The number of aliphatic imine (C=N–C) groups is 1. The first-order valence-corrected chi connectivity index (χ1v) is 5.63. The standard InChI is InChI=1S/C12H12ClFN4O2/c1-6(7-3-4-8(14)17-5-7)18-10(12(19)20-2)9(13)11(15)16/h3-5H,1,15-16H2,2H3/b18-10+. The van der Waals surface area contributed by atoms with E-state index in [0.29, 0.717) is 5.56 Å². The van der Waals surface area contributed by atoms with Gasteiger partial charge in [-0.3, -0.25) is 0 Å². The van der Waals surface area contributed by atoms with E-state index in [2.05, 4.69) is 21.3 Å². The molecule has 0 aliphatic rings. The molecule has 0 aliphatic carbocycles. The van der Waals surface area contributed by atoms with Crippen LogP contribution in [-0.4, -0.2) is 23.8 Å². The van der Waals surface area contributed by atoms with Crippen LogP contribution >= 0.6 is 11.6 Å². The number of aromatic nitrogens is 1. The highest BCUT2D eigenvalue weighted by Gasteiger charge is 2.18. The maximum absolute atomic E-state index is 12.7. The number of methoxy groups -OCH3 is 1. The maximum Gasteiger partial charge on any atom is 0.358 e. The van der Waals surface area contributed by atoms with Crippen LogP contribution in [0.1, 0.15) is 5.56 Å². The Morgan fingerprint density at radius 2 is 2.15 bits per heavy atom. The van der Waals surface area contributed by atoms with E-state index in [1.165, 1.54) is 12.3 Å². The van der Waals surface area contributed by atoms with Gasteiger partial charge in [0.15, 0.2) is 5.71 Å². The first kappa shape index (κ1) is 15.6. The zero-order chi connectivity index (χ0) is 15.3. The molecular weight excluding hydrogens is 287 g/mol. The zero-order valence-corrected chi connectivity index (χ0v) is 11.3. The third kappa shape index (κ3) is 3.79. The van der Waals surface area contributed by atoms with Crippen molar-refractivity contribution in [3.05, 3.63) is 47.3 Å². The lowest BCUT2D eigenvalue weighted by atomic mass is 10.2. The van der Waals surface area contributed by atoms with E-state index in [4.69, 9.17) is 23.1 Å². The predicted octanol–water partition coefficient (Wildman–Crippen LogP) is 1.13. The molecule has 0 fully saturated rings. The van der Waals surface area contributed by atoms with E-state index >= 15 is 0 Å². The number of nitrogens with zero attached hydrogens (tertiary/aromatic N) is 2. The van der Waals surface area contributed by atoms with Gasteiger partial charge in [0.2, 0.25) is 5.95 Å². The molecule has 0 aliphatic heterocycles. The highest BCUT2D eigenvalue weighted by molar-refractivity contribution is 6.58. The van der Waals surface area contributed by atoms with Gasteiger partial charge in [0.05, 0.1) is 12.8 Å². The largest absolute Gasteiger partial charge is 0.464 e. The lowest BCUT2D eigenvalue weighted by Gasteiger charge is -2.06. The summed E-state index contributed by atoms with van der Waals surface area (Å²) in [6.07, 6.45) is 1.21. The molecular formula is C12H12ClFN4O2. The highest BCUT2D eigenvalue weighted by atomic mass is 35.5. The molecule has 1 aromatic heterocycles. The van der Waals surface area contributed by atoms with Gasteiger partial charge in [-0.05, 0) is 12.1 Å². The number of nitrogens with two attached hydrogens (primary N) is 2. The van der Waals surface area contributed by atoms with Gasteiger partial charge < -0.3 is 16.2 Å². The monoisotopic (exact) mass is 298 g/mol. The molecule has 0 saturated carbocycles. The van der Waals surface area contributed by atoms with Crippen molar-refractivity contribution in [2.45, 2.75) is 0 Å². The van der Waals surface area contributed by atoms with Crippen LogP contribution in [0.5, 0.6) is 0 Å². The summed E-state index contributed by atoms with van der Waals surface area (Å²) >= 11 is 5.79. The topological polar surface area (TPSA) is 104 Å². The highest BCUT2D eigenvalue weighted by Crippen LogP contribution is 2.16. The number of hydrogen-bond donors (Lipinski definition) is 2. The van der Waals surface area contributed by atoms with Crippen LogP contribution in [-0.2, 0) is 9.53 Å². The average Bonchev–Trinajstić information content (AvgIpc) is 2.43. The summed E-state index contributed by atoms with van der Waals surface area (Å²) in [6.45, 7) is 3.63. The lowest BCUT2D eigenvalue weighted by molar-refractivity contribution is -0.132. The molecule has 8 heteroatoms. The number of hydrogen-bond acceptors (Lipinski definition) is 6. The quantitative estimate of drug-likeness (QED) is 0.493. The molecule has 6 nitrogen and oxygen atoms in total. The van der Waals surface area contributed by atoms with Gasteiger partial charge in [0.25, 0.3) is 0 Å². The Kier molecular flexibility index (Phi) is 5.22. The number of halogens is 2. The average molecular weight is 299 g/mol. The van der Waals surface area contributed by atoms with Crippen molar-refractivity contribution in [1.82, 2.24) is 4.98 Å². The number of pyridine rings is 1. The smallest absolute Gasteiger partial charge is 0.358 e. The van der Waals surface area contributed by atoms with Crippen LogP contribution in [0, 0.1) is 5.95 Å². The number of rotatable bonds is 4. The summed E-state index contributed by atoms with van der Waals surface area (Å²) < 4.78 is 17.2. The van der Waals surface area contributed by atoms with Crippen LogP contribution < -0.4 is 11.5 Å². The van der Waals surface area contributed by atoms with E-state index < -0.39 is 11.9 Å². The van der Waals surface area contributed by atoms with E-state index in [1.54, 1.807) is 0 Å². The second-order valence-corrected chi connectivity index (χ2v) is 3.92. The Hall–Kier alpha value is -2.41. The number of carbonyl (C=O) groups is 1. The molecule has 0 unspecified atom stereocenters. The molecule has 1 heterocycles. The summed E-state index contributed by atoms with van der Waals surface area (Å²) in [4.78, 5) is 18.9. The summed E-state index contributed by atoms with van der Waals surface area (Å²) in [5.74, 6) is -1.77. The first-order chi connectivity index (χ1) is 9.36. The minimum absolute atomic E-state index is 0.123. The summed E-state index contributed by atoms with van der Waals surface area (Å²) in [5, 5.41) is -0.256. The normalized spacial score (nSPS) is 10.8. The predicted molar refractivity (Wildman–Crippen MR) is 73.9 cm³/mol. The molecule has 1 rings (SSSR count). The summed E-state index contributed by atoms with van der Waals surface area (Å²) in [6, 6.07) is 2.52. The van der Waals surface area contributed by atoms with E-state index in [1.807, 2.05) is 0 Å². The summed E-state index contributed by atoms with van der Waals surface area (Å²) in [5.41, 5.74) is 10.8. The molecule has 1 aromatic rings. The van der Waals surface area contributed by atoms with Crippen molar-refractivity contribution in [2.24, 2.45) is 16.5 Å². The number of ether oxygens (including phenoxy) is 1. The first-order valence-electron chi connectivity index (χ1n) is 5.25. The molecule has 0 radical (unpaired) electrons. The fourth-order valence-corrected chi connectivity index (χ4v) is 1.28. The fourth-order valence-electron chi connectivity index (χ4n) is 1.16. The van der Waals surface area contributed by atoms with Crippen molar-refractivity contribution in [1.29, 1.82) is 0 Å². The van der Waals surface area contributed by atoms with Gasteiger partial charge in [-0.2, -0.15) is 4.39 Å².